The highest BCUT2D eigenvalue weighted by Crippen LogP contribution is 2.29. The van der Waals surface area contributed by atoms with Crippen LogP contribution in [0.4, 0.5) is 0 Å². The van der Waals surface area contributed by atoms with Crippen LogP contribution in [0.1, 0.15) is 38.2 Å². The molecule has 2 atom stereocenters. The van der Waals surface area contributed by atoms with Crippen LogP contribution < -0.4 is 4.74 Å². The van der Waals surface area contributed by atoms with Gasteiger partial charge in [-0.2, -0.15) is 0 Å². The molecule has 2 heteroatoms. The minimum Gasteiger partial charge on any atom is -0.497 e. The van der Waals surface area contributed by atoms with Gasteiger partial charge in [0.2, 0.25) is 0 Å². The summed E-state index contributed by atoms with van der Waals surface area (Å²) in [6.45, 7) is 7.87. The molecule has 0 aliphatic heterocycles. The zero-order valence-corrected chi connectivity index (χ0v) is 11.5. The molecule has 0 fully saturated rings. The van der Waals surface area contributed by atoms with Crippen LogP contribution in [0.5, 0.6) is 5.75 Å². The van der Waals surface area contributed by atoms with Crippen molar-refractivity contribution in [3.8, 4) is 5.75 Å². The van der Waals surface area contributed by atoms with E-state index in [0.29, 0.717) is 12.2 Å². The number of methoxy groups -OCH3 is 1. The van der Waals surface area contributed by atoms with Gasteiger partial charge in [-0.25, -0.2) is 0 Å². The Kier molecular flexibility index (Phi) is 5.63. The van der Waals surface area contributed by atoms with Crippen molar-refractivity contribution >= 4 is 5.78 Å². The Morgan fingerprint density at radius 2 is 2.22 bits per heavy atom. The summed E-state index contributed by atoms with van der Waals surface area (Å²) in [7, 11) is 1.65. The number of carbonyl (C=O) groups excluding carboxylic acids is 1. The molecule has 98 valence electrons. The molecule has 0 saturated carbocycles. The fraction of sp³-hybridized carbons (Fsp3) is 0.438. The van der Waals surface area contributed by atoms with Gasteiger partial charge in [0.1, 0.15) is 11.5 Å². The van der Waals surface area contributed by atoms with Crippen molar-refractivity contribution in [3.63, 3.8) is 0 Å². The number of hydrogen-bond donors (Lipinski definition) is 0. The highest BCUT2D eigenvalue weighted by molar-refractivity contribution is 5.81. The standard InChI is InChI=1S/C16H22O2/c1-5-8-16(17)12(3)15(6-2)13-9-7-10-14(11-13)18-4/h6-7,9-12,15H,2,5,8H2,1,3-4H3/t12-,15-/m1/s1. The van der Waals surface area contributed by atoms with E-state index >= 15 is 0 Å². The van der Waals surface area contributed by atoms with Crippen molar-refractivity contribution < 1.29 is 9.53 Å². The summed E-state index contributed by atoms with van der Waals surface area (Å²) in [6.07, 6.45) is 3.38. The van der Waals surface area contributed by atoms with Crippen LogP contribution in [-0.2, 0) is 4.79 Å². The van der Waals surface area contributed by atoms with E-state index < -0.39 is 0 Å². The number of benzene rings is 1. The molecule has 18 heavy (non-hydrogen) atoms. The highest BCUT2D eigenvalue weighted by Gasteiger charge is 2.22. The predicted octanol–water partition coefficient (Wildman–Crippen LogP) is 3.97. The van der Waals surface area contributed by atoms with Gasteiger partial charge in [0.25, 0.3) is 0 Å². The third-order valence-corrected chi connectivity index (χ3v) is 3.28. The highest BCUT2D eigenvalue weighted by atomic mass is 16.5. The lowest BCUT2D eigenvalue weighted by Crippen LogP contribution is -2.18. The summed E-state index contributed by atoms with van der Waals surface area (Å²) < 4.78 is 5.22. The van der Waals surface area contributed by atoms with Crippen LogP contribution in [0.2, 0.25) is 0 Å². The molecule has 0 saturated heterocycles. The van der Waals surface area contributed by atoms with Crippen molar-refractivity contribution in [2.75, 3.05) is 7.11 Å². The van der Waals surface area contributed by atoms with Gasteiger partial charge in [0.05, 0.1) is 7.11 Å². The quantitative estimate of drug-likeness (QED) is 0.680. The summed E-state index contributed by atoms with van der Waals surface area (Å²) in [5.41, 5.74) is 1.08. The molecule has 0 spiro atoms. The summed E-state index contributed by atoms with van der Waals surface area (Å²) in [5, 5.41) is 0. The number of Topliss-reactive ketones (excluding diaryl/α,β-unsaturated/α-hetero) is 1. The second-order valence-electron chi connectivity index (χ2n) is 4.54. The molecule has 0 bridgehead atoms. The smallest absolute Gasteiger partial charge is 0.136 e. The van der Waals surface area contributed by atoms with Crippen molar-refractivity contribution in [2.45, 2.75) is 32.6 Å². The molecular formula is C16H22O2. The lowest BCUT2D eigenvalue weighted by Gasteiger charge is -2.20. The Hall–Kier alpha value is -1.57. The Balaban J connectivity index is 2.94. The monoisotopic (exact) mass is 246 g/mol. The van der Waals surface area contributed by atoms with Gasteiger partial charge in [-0.1, -0.05) is 32.1 Å². The Bertz CT molecular complexity index is 409. The Morgan fingerprint density at radius 3 is 2.78 bits per heavy atom. The van der Waals surface area contributed by atoms with E-state index in [1.54, 1.807) is 7.11 Å². The average Bonchev–Trinajstić information content (AvgIpc) is 2.40. The first-order valence-corrected chi connectivity index (χ1v) is 6.43. The molecule has 0 aromatic heterocycles. The summed E-state index contributed by atoms with van der Waals surface area (Å²) in [4.78, 5) is 12.0. The van der Waals surface area contributed by atoms with Crippen LogP contribution in [-0.4, -0.2) is 12.9 Å². The molecule has 1 rings (SSSR count). The summed E-state index contributed by atoms with van der Waals surface area (Å²) in [6, 6.07) is 7.84. The van der Waals surface area contributed by atoms with Crippen molar-refractivity contribution in [3.05, 3.63) is 42.5 Å². The van der Waals surface area contributed by atoms with E-state index in [1.807, 2.05) is 44.2 Å². The van der Waals surface area contributed by atoms with E-state index in [0.717, 1.165) is 17.7 Å². The number of rotatable bonds is 7. The molecule has 0 N–H and O–H groups in total. The van der Waals surface area contributed by atoms with Crippen LogP contribution in [0.15, 0.2) is 36.9 Å². The molecule has 0 radical (unpaired) electrons. The molecule has 0 heterocycles. The molecular weight excluding hydrogens is 224 g/mol. The van der Waals surface area contributed by atoms with Crippen molar-refractivity contribution in [2.24, 2.45) is 5.92 Å². The molecule has 0 aliphatic carbocycles. The van der Waals surface area contributed by atoms with Crippen molar-refractivity contribution in [1.29, 1.82) is 0 Å². The number of carbonyl (C=O) groups is 1. The van der Waals surface area contributed by atoms with E-state index in [9.17, 15) is 4.79 Å². The second-order valence-corrected chi connectivity index (χ2v) is 4.54. The van der Waals surface area contributed by atoms with E-state index in [4.69, 9.17) is 4.74 Å². The van der Waals surface area contributed by atoms with Crippen LogP contribution in [0, 0.1) is 5.92 Å². The van der Waals surface area contributed by atoms with Crippen LogP contribution >= 0.6 is 0 Å². The number of ketones is 1. The number of ether oxygens (including phenoxy) is 1. The second kappa shape index (κ2) is 7.00. The van der Waals surface area contributed by atoms with Gasteiger partial charge >= 0.3 is 0 Å². The normalized spacial score (nSPS) is 13.7. The average molecular weight is 246 g/mol. The minimum atomic E-state index is -0.0328. The lowest BCUT2D eigenvalue weighted by atomic mass is 9.83. The molecule has 1 aromatic carbocycles. The molecule has 0 unspecified atom stereocenters. The maximum atomic E-state index is 12.0. The van der Waals surface area contributed by atoms with E-state index in [1.165, 1.54) is 0 Å². The summed E-state index contributed by atoms with van der Waals surface area (Å²) >= 11 is 0. The van der Waals surface area contributed by atoms with Gasteiger partial charge in [0, 0.05) is 18.3 Å². The van der Waals surface area contributed by atoms with Gasteiger partial charge in [0.15, 0.2) is 0 Å². The van der Waals surface area contributed by atoms with Gasteiger partial charge in [-0.3, -0.25) is 4.79 Å². The third kappa shape index (κ3) is 3.46. The van der Waals surface area contributed by atoms with Crippen molar-refractivity contribution in [1.82, 2.24) is 0 Å². The topological polar surface area (TPSA) is 26.3 Å². The number of hydrogen-bond acceptors (Lipinski definition) is 2. The zero-order valence-electron chi connectivity index (χ0n) is 11.5. The first-order chi connectivity index (χ1) is 8.63. The molecule has 0 amide bonds. The predicted molar refractivity (Wildman–Crippen MR) is 75.0 cm³/mol. The van der Waals surface area contributed by atoms with E-state index in [2.05, 4.69) is 6.58 Å². The minimum absolute atomic E-state index is 0.0328. The fourth-order valence-corrected chi connectivity index (χ4v) is 2.15. The summed E-state index contributed by atoms with van der Waals surface area (Å²) in [5.74, 6) is 1.13. The molecule has 0 aliphatic rings. The van der Waals surface area contributed by atoms with Gasteiger partial charge in [-0.05, 0) is 24.1 Å². The van der Waals surface area contributed by atoms with E-state index in [-0.39, 0.29) is 11.8 Å². The first-order valence-electron chi connectivity index (χ1n) is 6.43. The fourth-order valence-electron chi connectivity index (χ4n) is 2.15. The van der Waals surface area contributed by atoms with Crippen LogP contribution in [0.25, 0.3) is 0 Å². The maximum Gasteiger partial charge on any atom is 0.136 e. The SMILES string of the molecule is C=C[C@@H](c1cccc(OC)c1)[C@@H](C)C(=O)CCC. The largest absolute Gasteiger partial charge is 0.497 e. The van der Waals surface area contributed by atoms with Gasteiger partial charge < -0.3 is 4.74 Å². The first kappa shape index (κ1) is 14.5. The number of allylic oxidation sites excluding steroid dienone is 1. The Morgan fingerprint density at radius 1 is 1.50 bits per heavy atom. The third-order valence-electron chi connectivity index (χ3n) is 3.28. The lowest BCUT2D eigenvalue weighted by molar-refractivity contribution is -0.122. The molecule has 2 nitrogen and oxygen atoms in total. The zero-order chi connectivity index (χ0) is 13.5. The van der Waals surface area contributed by atoms with Crippen LogP contribution in [0.3, 0.4) is 0 Å². The van der Waals surface area contributed by atoms with Gasteiger partial charge in [-0.15, -0.1) is 6.58 Å². The maximum absolute atomic E-state index is 12.0. The Labute approximate surface area is 110 Å². The molecule has 1 aromatic rings.